The predicted molar refractivity (Wildman–Crippen MR) is 120 cm³/mol. The Bertz CT molecular complexity index is 1020. The average Bonchev–Trinajstić information content (AvgIpc) is 3.24. The van der Waals surface area contributed by atoms with Crippen LogP contribution in [0.4, 0.5) is 5.69 Å². The molecule has 1 aliphatic heterocycles. The number of hydrogen-bond acceptors (Lipinski definition) is 4. The minimum atomic E-state index is 0.554. The van der Waals surface area contributed by atoms with Crippen molar-refractivity contribution < 1.29 is 9.47 Å². The quantitative estimate of drug-likeness (QED) is 0.406. The van der Waals surface area contributed by atoms with E-state index in [1.807, 2.05) is 55.9 Å². The van der Waals surface area contributed by atoms with Crippen molar-refractivity contribution in [3.8, 4) is 23.1 Å². The summed E-state index contributed by atoms with van der Waals surface area (Å²) in [5.74, 6) is 2.17. The highest BCUT2D eigenvalue weighted by Gasteiger charge is 2.10. The van der Waals surface area contributed by atoms with E-state index in [1.54, 1.807) is 11.8 Å². The summed E-state index contributed by atoms with van der Waals surface area (Å²) in [6, 6.07) is 13.7. The highest BCUT2D eigenvalue weighted by Crippen LogP contribution is 2.31. The number of rotatable bonds is 6. The molecule has 0 bridgehead atoms. The first kappa shape index (κ1) is 20.0. The van der Waals surface area contributed by atoms with E-state index >= 15 is 0 Å². The summed E-state index contributed by atoms with van der Waals surface area (Å²) in [7, 11) is 1.66. The topological polar surface area (TPSA) is 51.9 Å². The van der Waals surface area contributed by atoms with E-state index in [2.05, 4.69) is 23.0 Å². The van der Waals surface area contributed by atoms with Gasteiger partial charge < -0.3 is 14.4 Å². The summed E-state index contributed by atoms with van der Waals surface area (Å²) in [6.45, 7) is 6.29. The van der Waals surface area contributed by atoms with Crippen molar-refractivity contribution in [1.29, 1.82) is 0 Å². The van der Waals surface area contributed by atoms with Gasteiger partial charge in [-0.2, -0.15) is 0 Å². The Hall–Kier alpha value is -3.28. The van der Waals surface area contributed by atoms with E-state index in [1.165, 1.54) is 19.3 Å². The normalized spacial score (nSPS) is 14.3. The van der Waals surface area contributed by atoms with Crippen LogP contribution in [0.25, 0.3) is 5.69 Å². The molecule has 2 aromatic carbocycles. The van der Waals surface area contributed by atoms with Crippen molar-refractivity contribution in [1.82, 2.24) is 14.7 Å². The minimum Gasteiger partial charge on any atom is -0.497 e. The summed E-state index contributed by atoms with van der Waals surface area (Å²) in [4.78, 5) is 7.01. The van der Waals surface area contributed by atoms with Gasteiger partial charge in [0.2, 0.25) is 5.88 Å². The van der Waals surface area contributed by atoms with Crippen LogP contribution >= 0.6 is 0 Å². The molecule has 4 rings (SSSR count). The number of aryl methyl sites for hydroxylation is 2. The van der Waals surface area contributed by atoms with Crippen LogP contribution in [0.15, 0.2) is 53.7 Å². The number of nitrogens with zero attached hydrogens (tertiary/aromatic N) is 4. The number of benzene rings is 2. The minimum absolute atomic E-state index is 0.554. The van der Waals surface area contributed by atoms with Gasteiger partial charge in [0, 0.05) is 25.4 Å². The Morgan fingerprint density at radius 2 is 1.73 bits per heavy atom. The lowest BCUT2D eigenvalue weighted by atomic mass is 10.1. The molecule has 0 spiro atoms. The summed E-state index contributed by atoms with van der Waals surface area (Å²) >= 11 is 0. The zero-order chi connectivity index (χ0) is 20.9. The van der Waals surface area contributed by atoms with Gasteiger partial charge in [-0.25, -0.2) is 9.67 Å². The van der Waals surface area contributed by atoms with Crippen molar-refractivity contribution >= 4 is 12.0 Å². The van der Waals surface area contributed by atoms with Gasteiger partial charge in [-0.15, -0.1) is 5.10 Å². The fourth-order valence-corrected chi connectivity index (χ4v) is 3.55. The summed E-state index contributed by atoms with van der Waals surface area (Å²) in [5.41, 5.74) is 4.04. The molecular weight excluding hydrogens is 376 g/mol. The van der Waals surface area contributed by atoms with Gasteiger partial charge >= 0.3 is 0 Å². The van der Waals surface area contributed by atoms with Crippen LogP contribution in [0.3, 0.4) is 0 Å². The highest BCUT2D eigenvalue weighted by atomic mass is 16.5. The zero-order valence-corrected chi connectivity index (χ0v) is 17.8. The third-order valence-electron chi connectivity index (χ3n) is 5.36. The first-order valence-corrected chi connectivity index (χ1v) is 10.4. The lowest BCUT2D eigenvalue weighted by Gasteiger charge is -2.23. The Labute approximate surface area is 177 Å². The number of aliphatic imine (C=N–C) groups is 1. The average molecular weight is 405 g/mol. The smallest absolute Gasteiger partial charge is 0.238 e. The van der Waals surface area contributed by atoms with Gasteiger partial charge in [-0.3, -0.25) is 0 Å². The third-order valence-corrected chi connectivity index (χ3v) is 5.36. The predicted octanol–water partition coefficient (Wildman–Crippen LogP) is 5.44. The lowest BCUT2D eigenvalue weighted by molar-refractivity contribution is 0.351. The van der Waals surface area contributed by atoms with Crippen LogP contribution in [-0.2, 0) is 0 Å². The molecule has 0 aliphatic carbocycles. The maximum atomic E-state index is 6.07. The number of methoxy groups -OCH3 is 1. The molecule has 156 valence electrons. The Morgan fingerprint density at radius 3 is 2.47 bits per heavy atom. The molecule has 2 heterocycles. The Balaban J connectivity index is 1.47. The lowest BCUT2D eigenvalue weighted by Crippen LogP contribution is -2.28. The molecule has 1 fully saturated rings. The maximum Gasteiger partial charge on any atom is 0.238 e. The molecule has 1 saturated heterocycles. The van der Waals surface area contributed by atoms with Crippen LogP contribution in [-0.4, -0.2) is 41.2 Å². The van der Waals surface area contributed by atoms with Crippen LogP contribution in [0.1, 0.15) is 30.4 Å². The molecule has 0 atom stereocenters. The molecular formula is C24H28N4O2. The monoisotopic (exact) mass is 404 g/mol. The molecule has 1 aromatic heterocycles. The second-order valence-corrected chi connectivity index (χ2v) is 7.64. The van der Waals surface area contributed by atoms with Crippen LogP contribution in [0.2, 0.25) is 0 Å². The van der Waals surface area contributed by atoms with Gasteiger partial charge in [0.1, 0.15) is 11.5 Å². The number of ether oxygens (including phenoxy) is 2. The third kappa shape index (κ3) is 4.64. The fraction of sp³-hybridized carbons (Fsp3) is 0.333. The van der Waals surface area contributed by atoms with Crippen molar-refractivity contribution in [2.45, 2.75) is 33.1 Å². The van der Waals surface area contributed by atoms with E-state index in [0.29, 0.717) is 5.88 Å². The van der Waals surface area contributed by atoms with Crippen molar-refractivity contribution in [3.63, 3.8) is 0 Å². The molecule has 30 heavy (non-hydrogen) atoms. The molecule has 0 amide bonds. The summed E-state index contributed by atoms with van der Waals surface area (Å²) < 4.78 is 13.1. The van der Waals surface area contributed by atoms with Gasteiger partial charge in [-0.1, -0.05) is 0 Å². The van der Waals surface area contributed by atoms with E-state index in [4.69, 9.17) is 14.5 Å². The first-order chi connectivity index (χ1) is 14.6. The molecule has 0 saturated carbocycles. The number of piperidine rings is 1. The van der Waals surface area contributed by atoms with Crippen molar-refractivity contribution in [2.24, 2.45) is 4.99 Å². The van der Waals surface area contributed by atoms with E-state index in [-0.39, 0.29) is 0 Å². The van der Waals surface area contributed by atoms with Gasteiger partial charge in [0.15, 0.2) is 0 Å². The van der Waals surface area contributed by atoms with Crippen LogP contribution in [0.5, 0.6) is 17.4 Å². The van der Waals surface area contributed by atoms with E-state index in [0.717, 1.165) is 47.1 Å². The van der Waals surface area contributed by atoms with Crippen molar-refractivity contribution in [3.05, 3.63) is 59.8 Å². The first-order valence-electron chi connectivity index (χ1n) is 10.4. The van der Waals surface area contributed by atoms with Gasteiger partial charge in [-0.05, 0) is 80.6 Å². The fourth-order valence-electron chi connectivity index (χ4n) is 3.55. The second-order valence-electron chi connectivity index (χ2n) is 7.64. The van der Waals surface area contributed by atoms with Crippen LogP contribution < -0.4 is 9.47 Å². The summed E-state index contributed by atoms with van der Waals surface area (Å²) in [6.07, 6.45) is 7.69. The van der Waals surface area contributed by atoms with E-state index in [9.17, 15) is 0 Å². The summed E-state index contributed by atoms with van der Waals surface area (Å²) in [5, 5.41) is 4.54. The van der Waals surface area contributed by atoms with Gasteiger partial charge in [0.25, 0.3) is 0 Å². The second kappa shape index (κ2) is 9.03. The molecule has 0 N–H and O–H groups in total. The zero-order valence-electron chi connectivity index (χ0n) is 17.8. The van der Waals surface area contributed by atoms with Crippen LogP contribution in [0, 0.1) is 13.8 Å². The highest BCUT2D eigenvalue weighted by molar-refractivity contribution is 5.65. The number of likely N-dealkylation sites (tertiary alicyclic amines) is 1. The van der Waals surface area contributed by atoms with Crippen molar-refractivity contribution in [2.75, 3.05) is 20.2 Å². The largest absolute Gasteiger partial charge is 0.497 e. The Morgan fingerprint density at radius 1 is 0.967 bits per heavy atom. The number of hydrogen-bond donors (Lipinski definition) is 0. The molecule has 0 unspecified atom stereocenters. The standard InChI is InChI=1S/C24H28N4O2/c1-18-16-23(19(2)15-22(18)25-17-27-12-5-4-6-13-27)30-24-11-14-28(26-24)20-7-9-21(29-3)10-8-20/h7-11,14-17H,4-6,12-13H2,1-3H3. The molecule has 6 heteroatoms. The molecule has 6 nitrogen and oxygen atoms in total. The van der Waals surface area contributed by atoms with E-state index < -0.39 is 0 Å². The van der Waals surface area contributed by atoms with Gasteiger partial charge in [0.05, 0.1) is 24.8 Å². The SMILES string of the molecule is COc1ccc(-n2ccc(Oc3cc(C)c(N=CN4CCCCC4)cc3C)n2)cc1. The molecule has 3 aromatic rings. The Kier molecular flexibility index (Phi) is 6.02. The molecule has 0 radical (unpaired) electrons. The maximum absolute atomic E-state index is 6.07. The number of aromatic nitrogens is 2. The molecule has 1 aliphatic rings.